The molecule has 1 unspecified atom stereocenters. The Kier molecular flexibility index (Phi) is 7.28. The molecule has 3 amide bonds. The third-order valence-corrected chi connectivity index (χ3v) is 3.68. The predicted octanol–water partition coefficient (Wildman–Crippen LogP) is 0.0817. The quantitative estimate of drug-likeness (QED) is 0.615. The number of rotatable bonds is 7. The van der Waals surface area contributed by atoms with Crippen LogP contribution in [0.25, 0.3) is 0 Å². The molecule has 0 rings (SSSR count). The number of urea groups is 1. The van der Waals surface area contributed by atoms with Gasteiger partial charge in [0.25, 0.3) is 0 Å². The molecule has 0 aromatic carbocycles. The van der Waals surface area contributed by atoms with E-state index < -0.39 is 34.1 Å². The summed E-state index contributed by atoms with van der Waals surface area (Å²) in [7, 11) is -0.983. The number of carbonyl (C=O) groups is 3. The van der Waals surface area contributed by atoms with Crippen LogP contribution in [0.5, 0.6) is 0 Å². The van der Waals surface area contributed by atoms with Crippen LogP contribution >= 0.6 is 0 Å². The Hall–Kier alpha value is -1.44. The number of imide groups is 1. The van der Waals surface area contributed by atoms with E-state index in [9.17, 15) is 18.6 Å². The Labute approximate surface area is 114 Å². The number of carbonyl (C=O) groups excluding carboxylic acids is 2. The molecule has 0 aliphatic carbocycles. The maximum atomic E-state index is 11.4. The first-order valence-corrected chi connectivity index (χ1v) is 7.34. The molecule has 0 radical (unpaired) electrons. The van der Waals surface area contributed by atoms with Gasteiger partial charge in [0.1, 0.15) is 0 Å². The lowest BCUT2D eigenvalue weighted by Gasteiger charge is -2.17. The molecule has 0 heterocycles. The Balaban J connectivity index is 4.04. The summed E-state index contributed by atoms with van der Waals surface area (Å²) in [6, 6.07) is -0.709. The zero-order valence-electron chi connectivity index (χ0n) is 11.3. The van der Waals surface area contributed by atoms with Gasteiger partial charge in [0, 0.05) is 35.3 Å². The van der Waals surface area contributed by atoms with Crippen molar-refractivity contribution in [1.29, 1.82) is 0 Å². The summed E-state index contributed by atoms with van der Waals surface area (Å²) in [5, 5.41) is 13.3. The smallest absolute Gasteiger partial charge is 0.321 e. The third-order valence-electron chi connectivity index (χ3n) is 2.37. The Morgan fingerprint density at radius 1 is 1.26 bits per heavy atom. The van der Waals surface area contributed by atoms with Gasteiger partial charge < -0.3 is 10.4 Å². The lowest BCUT2D eigenvalue weighted by Crippen LogP contribution is -2.43. The maximum Gasteiger partial charge on any atom is 0.321 e. The first kappa shape index (κ1) is 17.6. The van der Waals surface area contributed by atoms with E-state index in [1.807, 2.05) is 5.32 Å². The maximum absolute atomic E-state index is 11.4. The average Bonchev–Trinajstić information content (AvgIpc) is 2.27. The second-order valence-corrected chi connectivity index (χ2v) is 6.47. The second kappa shape index (κ2) is 7.88. The minimum atomic E-state index is -1.23. The highest BCUT2D eigenvalue weighted by molar-refractivity contribution is 7.84. The highest BCUT2D eigenvalue weighted by atomic mass is 32.2. The lowest BCUT2D eigenvalue weighted by molar-refractivity contribution is -0.149. The Morgan fingerprint density at radius 3 is 2.32 bits per heavy atom. The van der Waals surface area contributed by atoms with Crippen molar-refractivity contribution in [2.45, 2.75) is 27.2 Å². The molecule has 0 aromatic rings. The Bertz CT molecular complexity index is 381. The molecule has 8 heteroatoms. The minimum absolute atomic E-state index is 0.196. The molecule has 0 spiro atoms. The number of amides is 3. The van der Waals surface area contributed by atoms with Gasteiger partial charge in [-0.25, -0.2) is 4.79 Å². The van der Waals surface area contributed by atoms with Crippen molar-refractivity contribution in [2.24, 2.45) is 5.41 Å². The van der Waals surface area contributed by atoms with E-state index in [0.29, 0.717) is 11.5 Å². The standard InChI is InChI=1S/C11H20N2O5S/c1-4-19(18)6-5-12-10(17)13-8(14)7-11(2,3)9(15)16/h4-7H2,1-3H3,(H,15,16)(H2,12,13,14,17). The fourth-order valence-electron chi connectivity index (χ4n) is 1.11. The highest BCUT2D eigenvalue weighted by Crippen LogP contribution is 2.19. The van der Waals surface area contributed by atoms with E-state index in [4.69, 9.17) is 5.11 Å². The zero-order valence-corrected chi connectivity index (χ0v) is 12.1. The van der Waals surface area contributed by atoms with Crippen molar-refractivity contribution in [1.82, 2.24) is 10.6 Å². The van der Waals surface area contributed by atoms with Crippen molar-refractivity contribution < 1.29 is 23.7 Å². The molecule has 0 fully saturated rings. The van der Waals surface area contributed by atoms with Gasteiger partial charge in [-0.3, -0.25) is 19.1 Å². The van der Waals surface area contributed by atoms with E-state index in [1.165, 1.54) is 13.8 Å². The summed E-state index contributed by atoms with van der Waals surface area (Å²) >= 11 is 0. The van der Waals surface area contributed by atoms with Gasteiger partial charge in [0.05, 0.1) is 5.41 Å². The molecule has 7 nitrogen and oxygen atoms in total. The summed E-state index contributed by atoms with van der Waals surface area (Å²) in [4.78, 5) is 33.5. The minimum Gasteiger partial charge on any atom is -0.481 e. The monoisotopic (exact) mass is 292 g/mol. The first-order chi connectivity index (χ1) is 8.69. The van der Waals surface area contributed by atoms with Gasteiger partial charge in [-0.05, 0) is 13.8 Å². The molecule has 0 saturated carbocycles. The molecule has 0 aromatic heterocycles. The van der Waals surface area contributed by atoms with Crippen LogP contribution in [0, 0.1) is 5.41 Å². The van der Waals surface area contributed by atoms with Crippen molar-refractivity contribution >= 4 is 28.7 Å². The molecule has 110 valence electrons. The van der Waals surface area contributed by atoms with Crippen LogP contribution < -0.4 is 10.6 Å². The van der Waals surface area contributed by atoms with Crippen LogP contribution in [0.2, 0.25) is 0 Å². The first-order valence-electron chi connectivity index (χ1n) is 5.85. The van der Waals surface area contributed by atoms with Gasteiger partial charge in [-0.2, -0.15) is 0 Å². The van der Waals surface area contributed by atoms with Crippen molar-refractivity contribution in [3.05, 3.63) is 0 Å². The molecule has 1 atom stereocenters. The molecule has 0 saturated heterocycles. The van der Waals surface area contributed by atoms with E-state index >= 15 is 0 Å². The summed E-state index contributed by atoms with van der Waals surface area (Å²) in [6.07, 6.45) is -0.295. The molecule has 0 aliphatic rings. The SMILES string of the molecule is CCS(=O)CCNC(=O)NC(=O)CC(C)(C)C(=O)O. The molecule has 3 N–H and O–H groups in total. The molecule has 19 heavy (non-hydrogen) atoms. The van der Waals surface area contributed by atoms with Gasteiger partial charge in [-0.1, -0.05) is 6.92 Å². The van der Waals surface area contributed by atoms with Gasteiger partial charge >= 0.3 is 12.0 Å². The van der Waals surface area contributed by atoms with E-state index in [2.05, 4.69) is 5.32 Å². The van der Waals surface area contributed by atoms with Crippen LogP contribution in [0.3, 0.4) is 0 Å². The van der Waals surface area contributed by atoms with Crippen LogP contribution in [0.1, 0.15) is 27.2 Å². The number of carboxylic acid groups (broad SMARTS) is 1. The van der Waals surface area contributed by atoms with Crippen LogP contribution in [-0.4, -0.2) is 45.3 Å². The van der Waals surface area contributed by atoms with E-state index in [-0.39, 0.29) is 13.0 Å². The highest BCUT2D eigenvalue weighted by Gasteiger charge is 2.30. The fraction of sp³-hybridized carbons (Fsp3) is 0.727. The molecular formula is C11H20N2O5S. The number of aliphatic carboxylic acids is 1. The normalized spacial score (nSPS) is 12.6. The molecule has 0 aliphatic heterocycles. The van der Waals surface area contributed by atoms with Gasteiger partial charge in [0.2, 0.25) is 5.91 Å². The molecule has 0 bridgehead atoms. The lowest BCUT2D eigenvalue weighted by atomic mass is 9.89. The number of nitrogens with one attached hydrogen (secondary N) is 2. The zero-order chi connectivity index (χ0) is 15.1. The number of carboxylic acids is 1. The van der Waals surface area contributed by atoms with E-state index in [1.54, 1.807) is 6.92 Å². The van der Waals surface area contributed by atoms with Gasteiger partial charge in [0.15, 0.2) is 0 Å². The number of hydrogen-bond donors (Lipinski definition) is 3. The van der Waals surface area contributed by atoms with Crippen molar-refractivity contribution in [2.75, 3.05) is 18.1 Å². The fourth-order valence-corrected chi connectivity index (χ4v) is 1.73. The van der Waals surface area contributed by atoms with Crippen LogP contribution in [-0.2, 0) is 20.4 Å². The summed E-state index contributed by atoms with van der Waals surface area (Å²) < 4.78 is 11.1. The van der Waals surface area contributed by atoms with Gasteiger partial charge in [-0.15, -0.1) is 0 Å². The average molecular weight is 292 g/mol. The topological polar surface area (TPSA) is 113 Å². The molecular weight excluding hydrogens is 272 g/mol. The van der Waals surface area contributed by atoms with Crippen molar-refractivity contribution in [3.8, 4) is 0 Å². The van der Waals surface area contributed by atoms with Crippen LogP contribution in [0.4, 0.5) is 4.79 Å². The predicted molar refractivity (Wildman–Crippen MR) is 71.1 cm³/mol. The Morgan fingerprint density at radius 2 is 1.84 bits per heavy atom. The summed E-state index contributed by atoms with van der Waals surface area (Å²) in [6.45, 7) is 4.77. The largest absolute Gasteiger partial charge is 0.481 e. The summed E-state index contributed by atoms with van der Waals surface area (Å²) in [5.41, 5.74) is -1.23. The van der Waals surface area contributed by atoms with E-state index in [0.717, 1.165) is 0 Å². The number of hydrogen-bond acceptors (Lipinski definition) is 4. The summed E-state index contributed by atoms with van der Waals surface area (Å²) in [5.74, 6) is -0.948. The second-order valence-electron chi connectivity index (χ2n) is 4.60. The van der Waals surface area contributed by atoms with Crippen molar-refractivity contribution in [3.63, 3.8) is 0 Å². The third kappa shape index (κ3) is 7.55. The van der Waals surface area contributed by atoms with Crippen LogP contribution in [0.15, 0.2) is 0 Å².